The fourth-order valence-corrected chi connectivity index (χ4v) is 6.34. The van der Waals surface area contributed by atoms with Gasteiger partial charge in [0.2, 0.25) is 5.91 Å². The van der Waals surface area contributed by atoms with Crippen LogP contribution in [0, 0.1) is 13.8 Å². The third-order valence-corrected chi connectivity index (χ3v) is 9.25. The molecule has 1 heterocycles. The summed E-state index contributed by atoms with van der Waals surface area (Å²) in [5.41, 5.74) is 4.26. The molecular weight excluding hydrogens is 498 g/mol. The number of carbonyl (C=O) groups excluding carboxylic acids is 1. The van der Waals surface area contributed by atoms with Crippen molar-refractivity contribution in [2.24, 2.45) is 0 Å². The summed E-state index contributed by atoms with van der Waals surface area (Å²) < 4.78 is 25.7. The Balaban J connectivity index is 1.41. The summed E-state index contributed by atoms with van der Waals surface area (Å²) in [6.45, 7) is 10.8. The van der Waals surface area contributed by atoms with E-state index in [0.717, 1.165) is 33.9 Å². The highest BCUT2D eigenvalue weighted by atomic mass is 32.2. The van der Waals surface area contributed by atoms with Crippen LogP contribution in [0.4, 0.5) is 0 Å². The molecule has 2 aromatic carbocycles. The summed E-state index contributed by atoms with van der Waals surface area (Å²) in [7, 11) is 3.90. The van der Waals surface area contributed by atoms with Crippen LogP contribution in [0.1, 0.15) is 55.4 Å². The van der Waals surface area contributed by atoms with Gasteiger partial charge in [0.05, 0.1) is 18.6 Å². The number of likely N-dealkylation sites (tertiary alicyclic amines) is 1. The van der Waals surface area contributed by atoms with Crippen LogP contribution in [0.5, 0.6) is 5.75 Å². The maximum atomic E-state index is 13.1. The minimum absolute atomic E-state index is 0.000384. The fourth-order valence-electron chi connectivity index (χ4n) is 5.11. The molecule has 1 aliphatic rings. The normalized spacial score (nSPS) is 18.9. The van der Waals surface area contributed by atoms with Crippen LogP contribution in [0.3, 0.4) is 0 Å². The lowest BCUT2D eigenvalue weighted by Gasteiger charge is -2.39. The number of hydrogen-bond donors (Lipinski definition) is 0. The molecule has 3 rings (SSSR count). The van der Waals surface area contributed by atoms with Gasteiger partial charge in [-0.2, -0.15) is 0 Å². The van der Waals surface area contributed by atoms with Gasteiger partial charge in [-0.15, -0.1) is 0 Å². The number of piperidine rings is 1. The first-order valence-corrected chi connectivity index (χ1v) is 14.6. The van der Waals surface area contributed by atoms with Gasteiger partial charge in [0, 0.05) is 45.8 Å². The van der Waals surface area contributed by atoms with E-state index in [4.69, 9.17) is 9.47 Å². The smallest absolute Gasteiger partial charge is 0.248 e. The molecule has 1 fully saturated rings. The van der Waals surface area contributed by atoms with Gasteiger partial charge < -0.3 is 14.4 Å². The highest BCUT2D eigenvalue weighted by molar-refractivity contribution is 7.82. The molecule has 1 aliphatic heterocycles. The van der Waals surface area contributed by atoms with Gasteiger partial charge >= 0.3 is 0 Å². The molecule has 0 aromatic heterocycles. The van der Waals surface area contributed by atoms with Crippen molar-refractivity contribution < 1.29 is 18.5 Å². The topological polar surface area (TPSA) is 62.3 Å². The van der Waals surface area contributed by atoms with E-state index in [9.17, 15) is 9.00 Å². The Hall–Kier alpha value is -2.26. The standard InChI is InChI=1S/C30H45N3O4S/c1-22-17-28(36-7)18-23(2)30(22)38(35)32(6)15-16-37-21-29(34)31(5)19-26-11-13-27(14-12-26)20-33-24(3)9-8-10-25(33)4/h11-14,17-18,24-25H,8-10,15-16,19-21H2,1-7H3/t24-,25+,38?. The quantitative estimate of drug-likeness (QED) is 0.363. The Morgan fingerprint density at radius 2 is 1.61 bits per heavy atom. The lowest BCUT2D eigenvalue weighted by Crippen LogP contribution is -2.42. The van der Waals surface area contributed by atoms with E-state index < -0.39 is 11.0 Å². The predicted molar refractivity (Wildman–Crippen MR) is 154 cm³/mol. The van der Waals surface area contributed by atoms with Crippen molar-refractivity contribution in [1.82, 2.24) is 14.1 Å². The molecule has 1 saturated heterocycles. The first kappa shape index (κ1) is 30.3. The number of methoxy groups -OCH3 is 1. The maximum Gasteiger partial charge on any atom is 0.248 e. The van der Waals surface area contributed by atoms with Crippen molar-refractivity contribution in [2.75, 3.05) is 41.0 Å². The lowest BCUT2D eigenvalue weighted by atomic mass is 9.96. The molecule has 38 heavy (non-hydrogen) atoms. The van der Waals surface area contributed by atoms with E-state index in [1.54, 1.807) is 30.4 Å². The van der Waals surface area contributed by atoms with Crippen molar-refractivity contribution in [2.45, 2.75) is 77.0 Å². The molecule has 0 radical (unpaired) electrons. The van der Waals surface area contributed by atoms with Crippen LogP contribution < -0.4 is 4.74 Å². The molecule has 8 heteroatoms. The highest BCUT2D eigenvalue weighted by Gasteiger charge is 2.24. The van der Waals surface area contributed by atoms with Gasteiger partial charge in [-0.05, 0) is 74.9 Å². The van der Waals surface area contributed by atoms with Crippen LogP contribution in [0.15, 0.2) is 41.3 Å². The van der Waals surface area contributed by atoms with Gasteiger partial charge in [-0.3, -0.25) is 9.69 Å². The average Bonchev–Trinajstić information content (AvgIpc) is 2.88. The zero-order valence-corrected chi connectivity index (χ0v) is 25.0. The van der Waals surface area contributed by atoms with E-state index >= 15 is 0 Å². The second-order valence-corrected chi connectivity index (χ2v) is 12.1. The zero-order valence-electron chi connectivity index (χ0n) is 24.2. The largest absolute Gasteiger partial charge is 0.497 e. The zero-order chi connectivity index (χ0) is 27.8. The third kappa shape index (κ3) is 8.12. The fraction of sp³-hybridized carbons (Fsp3) is 0.567. The number of rotatable bonds is 12. The average molecular weight is 544 g/mol. The summed E-state index contributed by atoms with van der Waals surface area (Å²) in [4.78, 5) is 17.7. The molecule has 0 bridgehead atoms. The van der Waals surface area contributed by atoms with E-state index in [1.165, 1.54) is 24.8 Å². The minimum Gasteiger partial charge on any atom is -0.497 e. The summed E-state index contributed by atoms with van der Waals surface area (Å²) in [6.07, 6.45) is 3.86. The molecule has 1 amide bonds. The molecule has 0 aliphatic carbocycles. The Morgan fingerprint density at radius 3 is 2.18 bits per heavy atom. The Labute approximate surface area is 231 Å². The molecule has 2 aromatic rings. The number of aryl methyl sites for hydroxylation is 2. The minimum atomic E-state index is -1.32. The molecule has 0 N–H and O–H groups in total. The van der Waals surface area contributed by atoms with Crippen LogP contribution in [-0.4, -0.2) is 77.3 Å². The van der Waals surface area contributed by atoms with Gasteiger partial charge in [0.1, 0.15) is 23.3 Å². The Kier molecular flexibility index (Phi) is 11.3. The van der Waals surface area contributed by atoms with Gasteiger partial charge in [-0.1, -0.05) is 30.7 Å². The summed E-state index contributed by atoms with van der Waals surface area (Å²) in [6, 6.07) is 13.6. The van der Waals surface area contributed by atoms with Crippen LogP contribution in [-0.2, 0) is 33.6 Å². The van der Waals surface area contributed by atoms with Gasteiger partial charge in [0.25, 0.3) is 0 Å². The molecular formula is C30H45N3O4S. The Morgan fingerprint density at radius 1 is 1.03 bits per heavy atom. The SMILES string of the molecule is COc1cc(C)c(S(=O)N(C)CCOCC(=O)N(C)Cc2ccc(CN3[C@H](C)CCC[C@@H]3C)cc2)c(C)c1. The first-order chi connectivity index (χ1) is 18.1. The van der Waals surface area contributed by atoms with Gasteiger partial charge in [-0.25, -0.2) is 8.51 Å². The second kappa shape index (κ2) is 14.2. The highest BCUT2D eigenvalue weighted by Crippen LogP contribution is 2.26. The number of amides is 1. The molecule has 3 atom stereocenters. The molecule has 7 nitrogen and oxygen atoms in total. The Bertz CT molecular complexity index is 1060. The van der Waals surface area contributed by atoms with Crippen LogP contribution in [0.25, 0.3) is 0 Å². The van der Waals surface area contributed by atoms with Crippen molar-refractivity contribution in [3.05, 3.63) is 58.7 Å². The summed E-state index contributed by atoms with van der Waals surface area (Å²) >= 11 is 0. The van der Waals surface area contributed by atoms with E-state index in [2.05, 4.69) is 43.0 Å². The summed E-state index contributed by atoms with van der Waals surface area (Å²) in [5.74, 6) is 0.683. The number of ether oxygens (including phenoxy) is 2. The molecule has 0 spiro atoms. The number of hydrogen-bond acceptors (Lipinski definition) is 5. The first-order valence-electron chi connectivity index (χ1n) is 13.5. The molecule has 210 valence electrons. The number of carbonyl (C=O) groups is 1. The third-order valence-electron chi connectivity index (χ3n) is 7.51. The van der Waals surface area contributed by atoms with Crippen LogP contribution in [0.2, 0.25) is 0 Å². The van der Waals surface area contributed by atoms with Crippen molar-refractivity contribution in [1.29, 1.82) is 0 Å². The second-order valence-electron chi connectivity index (χ2n) is 10.6. The van der Waals surface area contributed by atoms with E-state index in [-0.39, 0.29) is 12.5 Å². The van der Waals surface area contributed by atoms with Crippen molar-refractivity contribution in [3.63, 3.8) is 0 Å². The van der Waals surface area contributed by atoms with Crippen molar-refractivity contribution >= 4 is 16.9 Å². The molecule has 1 unspecified atom stereocenters. The summed E-state index contributed by atoms with van der Waals surface area (Å²) in [5, 5.41) is 0. The van der Waals surface area contributed by atoms with E-state index in [0.29, 0.717) is 31.8 Å². The lowest BCUT2D eigenvalue weighted by molar-refractivity contribution is -0.135. The van der Waals surface area contributed by atoms with E-state index in [1.807, 2.05) is 26.0 Å². The number of nitrogens with zero attached hydrogens (tertiary/aromatic N) is 3. The molecule has 0 saturated carbocycles. The number of likely N-dealkylation sites (N-methyl/N-ethyl adjacent to an activating group) is 2. The maximum absolute atomic E-state index is 13.1. The van der Waals surface area contributed by atoms with Gasteiger partial charge in [0.15, 0.2) is 0 Å². The number of benzene rings is 2. The van der Waals surface area contributed by atoms with Crippen LogP contribution >= 0.6 is 0 Å². The monoisotopic (exact) mass is 543 g/mol. The van der Waals surface area contributed by atoms with Crippen molar-refractivity contribution in [3.8, 4) is 5.75 Å². The predicted octanol–water partition coefficient (Wildman–Crippen LogP) is 4.70.